The molecule has 3 aromatic carbocycles. The summed E-state index contributed by atoms with van der Waals surface area (Å²) < 4.78 is 47.5. The summed E-state index contributed by atoms with van der Waals surface area (Å²) in [5.74, 6) is -1.88. The molecule has 0 aliphatic heterocycles. The molecule has 0 fully saturated rings. The molecule has 1 aromatic heterocycles. The van der Waals surface area contributed by atoms with Crippen molar-refractivity contribution in [2.75, 3.05) is 5.32 Å². The molecule has 0 aliphatic carbocycles. The van der Waals surface area contributed by atoms with Crippen LogP contribution in [0.4, 0.5) is 18.9 Å². The number of rotatable bonds is 7. The summed E-state index contributed by atoms with van der Waals surface area (Å²) in [6.45, 7) is 0.313. The Kier molecular flexibility index (Phi) is 6.21. The second-order valence-corrected chi connectivity index (χ2v) is 7.02. The quantitative estimate of drug-likeness (QED) is 0.434. The number of para-hydroxylation sites is 1. The molecular weight excluding hydrogens is 419 g/mol. The van der Waals surface area contributed by atoms with Crippen LogP contribution in [0.25, 0.3) is 0 Å². The highest BCUT2D eigenvalue weighted by atomic mass is 19.1. The lowest BCUT2D eigenvalue weighted by molar-refractivity contribution is 0.102. The highest BCUT2D eigenvalue weighted by molar-refractivity contribution is 6.05. The van der Waals surface area contributed by atoms with Crippen molar-refractivity contribution in [3.8, 4) is 5.88 Å². The van der Waals surface area contributed by atoms with E-state index in [1.165, 1.54) is 53.3 Å². The Morgan fingerprint density at radius 2 is 1.50 bits per heavy atom. The lowest BCUT2D eigenvalue weighted by Gasteiger charge is -2.07. The molecule has 0 aliphatic rings. The van der Waals surface area contributed by atoms with Crippen LogP contribution in [0.3, 0.4) is 0 Å². The third-order valence-electron chi connectivity index (χ3n) is 4.64. The molecule has 0 spiro atoms. The van der Waals surface area contributed by atoms with E-state index in [0.717, 1.165) is 5.56 Å². The molecule has 4 aromatic rings. The number of hydrogen-bond donors (Lipinski definition) is 1. The maximum atomic E-state index is 14.0. The van der Waals surface area contributed by atoms with Crippen LogP contribution in [0.5, 0.6) is 5.88 Å². The number of amides is 1. The molecule has 8 heteroatoms. The van der Waals surface area contributed by atoms with Crippen molar-refractivity contribution in [3.63, 3.8) is 0 Å². The molecule has 0 saturated heterocycles. The minimum Gasteiger partial charge on any atom is -0.471 e. The fourth-order valence-corrected chi connectivity index (χ4v) is 3.01. The van der Waals surface area contributed by atoms with Gasteiger partial charge in [-0.2, -0.15) is 0 Å². The largest absolute Gasteiger partial charge is 0.471 e. The van der Waals surface area contributed by atoms with Crippen LogP contribution in [-0.2, 0) is 13.2 Å². The number of aromatic nitrogens is 2. The molecule has 1 N–H and O–H groups in total. The zero-order valence-corrected chi connectivity index (χ0v) is 16.8. The first-order valence-electron chi connectivity index (χ1n) is 9.73. The number of nitrogens with one attached hydrogen (secondary N) is 1. The Balaban J connectivity index is 1.58. The number of benzene rings is 3. The molecule has 1 amide bonds. The van der Waals surface area contributed by atoms with Gasteiger partial charge in [-0.25, -0.2) is 13.2 Å². The van der Waals surface area contributed by atoms with Crippen LogP contribution in [-0.4, -0.2) is 15.7 Å². The molecule has 0 saturated carbocycles. The van der Waals surface area contributed by atoms with Gasteiger partial charge in [0.15, 0.2) is 0 Å². The molecular formula is C24H18F3N3O2. The lowest BCUT2D eigenvalue weighted by Crippen LogP contribution is -2.13. The van der Waals surface area contributed by atoms with Crippen LogP contribution < -0.4 is 10.1 Å². The van der Waals surface area contributed by atoms with Gasteiger partial charge < -0.3 is 10.1 Å². The molecule has 0 unspecified atom stereocenters. The minimum atomic E-state index is -0.602. The predicted octanol–water partition coefficient (Wildman–Crippen LogP) is 5.18. The summed E-state index contributed by atoms with van der Waals surface area (Å²) in [6.07, 6.45) is 1.47. The van der Waals surface area contributed by atoms with Crippen LogP contribution in [0.2, 0.25) is 0 Å². The number of ether oxygens (including phenoxy) is 1. The minimum absolute atomic E-state index is 0.0215. The zero-order chi connectivity index (χ0) is 22.5. The number of halogens is 3. The van der Waals surface area contributed by atoms with Crippen LogP contribution in [0.1, 0.15) is 21.5 Å². The molecule has 5 nitrogen and oxygen atoms in total. The summed E-state index contributed by atoms with van der Waals surface area (Å²) in [6, 6.07) is 17.4. The van der Waals surface area contributed by atoms with Gasteiger partial charge in [0.2, 0.25) is 5.88 Å². The standard InChI is InChI=1S/C24H18F3N3O2/c25-18-9-5-16(6-10-18)13-30-14-20(23(31)28-22-4-2-1-3-21(22)27)24(29-30)32-15-17-7-11-19(26)12-8-17/h1-12,14H,13,15H2,(H,28,31). The lowest BCUT2D eigenvalue weighted by atomic mass is 10.2. The molecule has 0 radical (unpaired) electrons. The summed E-state index contributed by atoms with van der Waals surface area (Å²) in [5, 5.41) is 6.83. The smallest absolute Gasteiger partial charge is 0.262 e. The SMILES string of the molecule is O=C(Nc1ccccc1F)c1cn(Cc2ccc(F)cc2)nc1OCc1ccc(F)cc1. The first-order chi connectivity index (χ1) is 15.5. The van der Waals surface area contributed by atoms with Crippen LogP contribution >= 0.6 is 0 Å². The van der Waals surface area contributed by atoms with Crippen molar-refractivity contribution in [1.29, 1.82) is 0 Å². The van der Waals surface area contributed by atoms with Crippen molar-refractivity contribution in [2.24, 2.45) is 0 Å². The zero-order valence-electron chi connectivity index (χ0n) is 16.8. The van der Waals surface area contributed by atoms with E-state index >= 15 is 0 Å². The maximum Gasteiger partial charge on any atom is 0.262 e. The van der Waals surface area contributed by atoms with E-state index in [4.69, 9.17) is 4.74 Å². The fourth-order valence-electron chi connectivity index (χ4n) is 3.01. The van der Waals surface area contributed by atoms with Crippen molar-refractivity contribution >= 4 is 11.6 Å². The molecule has 0 bridgehead atoms. The van der Waals surface area contributed by atoms with Gasteiger partial charge in [-0.05, 0) is 47.5 Å². The Morgan fingerprint density at radius 3 is 2.16 bits per heavy atom. The summed E-state index contributed by atoms with van der Waals surface area (Å²) in [4.78, 5) is 12.8. The van der Waals surface area contributed by atoms with Crippen molar-refractivity contribution in [1.82, 2.24) is 9.78 Å². The van der Waals surface area contributed by atoms with Crippen LogP contribution in [0.15, 0.2) is 79.0 Å². The summed E-state index contributed by atoms with van der Waals surface area (Å²) >= 11 is 0. The van der Waals surface area contributed by atoms with Gasteiger partial charge in [-0.3, -0.25) is 9.48 Å². The Hall–Kier alpha value is -4.07. The Morgan fingerprint density at radius 1 is 0.875 bits per heavy atom. The van der Waals surface area contributed by atoms with Gasteiger partial charge in [0, 0.05) is 6.20 Å². The van der Waals surface area contributed by atoms with Gasteiger partial charge in [0.1, 0.15) is 29.6 Å². The van der Waals surface area contributed by atoms with E-state index in [0.29, 0.717) is 5.56 Å². The average Bonchev–Trinajstić information content (AvgIpc) is 3.19. The third kappa shape index (κ3) is 5.15. The van der Waals surface area contributed by atoms with Gasteiger partial charge in [0.25, 0.3) is 5.91 Å². The van der Waals surface area contributed by atoms with E-state index in [9.17, 15) is 18.0 Å². The summed E-state index contributed by atoms with van der Waals surface area (Å²) in [5.41, 5.74) is 1.56. The number of hydrogen-bond acceptors (Lipinski definition) is 3. The topological polar surface area (TPSA) is 56.2 Å². The van der Waals surface area contributed by atoms with Crippen molar-refractivity contribution in [2.45, 2.75) is 13.2 Å². The van der Waals surface area contributed by atoms with E-state index in [2.05, 4.69) is 10.4 Å². The second kappa shape index (κ2) is 9.38. The maximum absolute atomic E-state index is 14.0. The van der Waals surface area contributed by atoms with E-state index in [1.54, 1.807) is 30.3 Å². The van der Waals surface area contributed by atoms with E-state index in [1.807, 2.05) is 0 Å². The second-order valence-electron chi connectivity index (χ2n) is 7.02. The first kappa shape index (κ1) is 21.2. The number of nitrogens with zero attached hydrogens (tertiary/aromatic N) is 2. The molecule has 1 heterocycles. The van der Waals surface area contributed by atoms with Gasteiger partial charge in [-0.1, -0.05) is 36.4 Å². The van der Waals surface area contributed by atoms with Crippen molar-refractivity contribution < 1.29 is 22.7 Å². The molecule has 0 atom stereocenters. The predicted molar refractivity (Wildman–Crippen MR) is 113 cm³/mol. The summed E-state index contributed by atoms with van der Waals surface area (Å²) in [7, 11) is 0. The van der Waals surface area contributed by atoms with Gasteiger partial charge >= 0.3 is 0 Å². The number of anilines is 1. The Bertz CT molecular complexity index is 1220. The van der Waals surface area contributed by atoms with Gasteiger partial charge in [0.05, 0.1) is 12.2 Å². The van der Waals surface area contributed by atoms with Gasteiger partial charge in [-0.15, -0.1) is 5.10 Å². The highest BCUT2D eigenvalue weighted by Gasteiger charge is 2.19. The van der Waals surface area contributed by atoms with E-state index in [-0.39, 0.29) is 41.9 Å². The first-order valence-corrected chi connectivity index (χ1v) is 9.73. The van der Waals surface area contributed by atoms with Crippen molar-refractivity contribution in [3.05, 3.63) is 113 Å². The fraction of sp³-hybridized carbons (Fsp3) is 0.0833. The molecule has 162 valence electrons. The number of carbonyl (C=O) groups is 1. The molecule has 4 rings (SSSR count). The molecule has 32 heavy (non-hydrogen) atoms. The monoisotopic (exact) mass is 437 g/mol. The average molecular weight is 437 g/mol. The van der Waals surface area contributed by atoms with E-state index < -0.39 is 11.7 Å². The third-order valence-corrected chi connectivity index (χ3v) is 4.64. The Labute approximate surface area is 182 Å². The normalized spacial score (nSPS) is 10.7. The van der Waals surface area contributed by atoms with Crippen LogP contribution in [0, 0.1) is 17.5 Å². The number of carbonyl (C=O) groups excluding carboxylic acids is 1. The highest BCUT2D eigenvalue weighted by Crippen LogP contribution is 2.22.